The van der Waals surface area contributed by atoms with Crippen LogP contribution in [0.1, 0.15) is 29.7 Å². The maximum Gasteiger partial charge on any atom is 0.128 e. The Morgan fingerprint density at radius 1 is 1.19 bits per heavy atom. The third-order valence-corrected chi connectivity index (χ3v) is 4.08. The number of benzene rings is 2. The zero-order valence-electron chi connectivity index (χ0n) is 12.9. The SMILES string of the molecule is Cc1cc(N(C)C(C)c2ccccc2F)ccc1CCN. The van der Waals surface area contributed by atoms with Crippen LogP contribution in [0.25, 0.3) is 0 Å². The number of hydrogen-bond acceptors (Lipinski definition) is 2. The summed E-state index contributed by atoms with van der Waals surface area (Å²) < 4.78 is 13.9. The molecule has 0 saturated carbocycles. The van der Waals surface area contributed by atoms with Crippen molar-refractivity contribution < 1.29 is 4.39 Å². The molecule has 0 aliphatic carbocycles. The highest BCUT2D eigenvalue weighted by atomic mass is 19.1. The maximum atomic E-state index is 13.9. The second-order valence-corrected chi connectivity index (χ2v) is 5.46. The molecule has 0 aliphatic rings. The van der Waals surface area contributed by atoms with Crippen LogP contribution >= 0.6 is 0 Å². The first-order valence-corrected chi connectivity index (χ1v) is 7.31. The highest BCUT2D eigenvalue weighted by Crippen LogP contribution is 2.28. The number of nitrogens with two attached hydrogens (primary N) is 1. The van der Waals surface area contributed by atoms with Crippen LogP contribution < -0.4 is 10.6 Å². The molecule has 0 aromatic heterocycles. The van der Waals surface area contributed by atoms with Gasteiger partial charge < -0.3 is 10.6 Å². The minimum atomic E-state index is -0.159. The number of aryl methyl sites for hydroxylation is 1. The first-order valence-electron chi connectivity index (χ1n) is 7.31. The maximum absolute atomic E-state index is 13.9. The summed E-state index contributed by atoms with van der Waals surface area (Å²) in [6.45, 7) is 4.76. The van der Waals surface area contributed by atoms with Crippen molar-refractivity contribution in [2.45, 2.75) is 26.3 Å². The van der Waals surface area contributed by atoms with E-state index >= 15 is 0 Å². The van der Waals surface area contributed by atoms with Gasteiger partial charge in [-0.1, -0.05) is 24.3 Å². The molecule has 2 aromatic rings. The number of rotatable bonds is 5. The first kappa shape index (κ1) is 15.5. The molecule has 1 atom stereocenters. The second-order valence-electron chi connectivity index (χ2n) is 5.46. The van der Waals surface area contributed by atoms with Crippen LogP contribution in [0, 0.1) is 12.7 Å². The van der Waals surface area contributed by atoms with Gasteiger partial charge in [-0.3, -0.25) is 0 Å². The summed E-state index contributed by atoms with van der Waals surface area (Å²) in [6.07, 6.45) is 0.888. The summed E-state index contributed by atoms with van der Waals surface area (Å²) in [5.74, 6) is -0.159. The van der Waals surface area contributed by atoms with E-state index in [1.165, 1.54) is 17.2 Å². The standard InChI is InChI=1S/C18H23FN2/c1-13-12-16(9-8-15(13)10-11-20)21(3)14(2)17-6-4-5-7-18(17)19/h4-9,12,14H,10-11,20H2,1-3H3. The van der Waals surface area contributed by atoms with Crippen molar-refractivity contribution in [3.63, 3.8) is 0 Å². The Bertz CT molecular complexity index is 610. The van der Waals surface area contributed by atoms with Gasteiger partial charge in [-0.25, -0.2) is 4.39 Å². The topological polar surface area (TPSA) is 29.3 Å². The molecule has 2 nitrogen and oxygen atoms in total. The van der Waals surface area contributed by atoms with Gasteiger partial charge in [0.2, 0.25) is 0 Å². The van der Waals surface area contributed by atoms with E-state index in [9.17, 15) is 4.39 Å². The van der Waals surface area contributed by atoms with E-state index in [-0.39, 0.29) is 11.9 Å². The number of halogens is 1. The van der Waals surface area contributed by atoms with Gasteiger partial charge in [-0.2, -0.15) is 0 Å². The van der Waals surface area contributed by atoms with E-state index in [1.54, 1.807) is 6.07 Å². The Labute approximate surface area is 126 Å². The van der Waals surface area contributed by atoms with E-state index in [4.69, 9.17) is 5.73 Å². The Morgan fingerprint density at radius 2 is 1.90 bits per heavy atom. The van der Waals surface area contributed by atoms with Gasteiger partial charge in [0, 0.05) is 18.3 Å². The lowest BCUT2D eigenvalue weighted by atomic mass is 10.0. The molecule has 0 radical (unpaired) electrons. The largest absolute Gasteiger partial charge is 0.368 e. The molecular formula is C18H23FN2. The van der Waals surface area contributed by atoms with Gasteiger partial charge in [0.05, 0.1) is 6.04 Å². The second kappa shape index (κ2) is 6.72. The van der Waals surface area contributed by atoms with Crippen LogP contribution in [0.3, 0.4) is 0 Å². The lowest BCUT2D eigenvalue weighted by molar-refractivity contribution is 0.585. The third-order valence-electron chi connectivity index (χ3n) is 4.08. The highest BCUT2D eigenvalue weighted by Gasteiger charge is 2.16. The monoisotopic (exact) mass is 286 g/mol. The van der Waals surface area contributed by atoms with Crippen molar-refractivity contribution in [2.24, 2.45) is 5.73 Å². The Morgan fingerprint density at radius 3 is 2.52 bits per heavy atom. The molecule has 3 heteroatoms. The van der Waals surface area contributed by atoms with E-state index in [2.05, 4.69) is 30.0 Å². The quantitative estimate of drug-likeness (QED) is 0.905. The Balaban J connectivity index is 2.25. The summed E-state index contributed by atoms with van der Waals surface area (Å²) >= 11 is 0. The van der Waals surface area contributed by atoms with Gasteiger partial charge in [0.1, 0.15) is 5.82 Å². The number of hydrogen-bond donors (Lipinski definition) is 1. The van der Waals surface area contributed by atoms with E-state index in [0.717, 1.165) is 12.1 Å². The molecule has 2 aromatic carbocycles. The number of anilines is 1. The summed E-state index contributed by atoms with van der Waals surface area (Å²) in [6, 6.07) is 13.3. The molecule has 21 heavy (non-hydrogen) atoms. The molecule has 0 fully saturated rings. The lowest BCUT2D eigenvalue weighted by Crippen LogP contribution is -2.22. The smallest absolute Gasteiger partial charge is 0.128 e. The van der Waals surface area contributed by atoms with Crippen molar-refractivity contribution in [1.29, 1.82) is 0 Å². The molecule has 2 rings (SSSR count). The molecule has 2 N–H and O–H groups in total. The van der Waals surface area contributed by atoms with Crippen molar-refractivity contribution in [2.75, 3.05) is 18.5 Å². The van der Waals surface area contributed by atoms with Crippen LogP contribution in [0.5, 0.6) is 0 Å². The van der Waals surface area contributed by atoms with Crippen LogP contribution in [0.15, 0.2) is 42.5 Å². The predicted molar refractivity (Wildman–Crippen MR) is 87.2 cm³/mol. The van der Waals surface area contributed by atoms with Gasteiger partial charge in [-0.05, 0) is 56.1 Å². The van der Waals surface area contributed by atoms with E-state index in [1.807, 2.05) is 26.1 Å². The molecule has 0 saturated heterocycles. The fourth-order valence-corrected chi connectivity index (χ4v) is 2.58. The van der Waals surface area contributed by atoms with Crippen LogP contribution in [0.4, 0.5) is 10.1 Å². The molecule has 0 bridgehead atoms. The van der Waals surface area contributed by atoms with E-state index < -0.39 is 0 Å². The van der Waals surface area contributed by atoms with Gasteiger partial charge in [0.25, 0.3) is 0 Å². The van der Waals surface area contributed by atoms with Crippen LogP contribution in [0.2, 0.25) is 0 Å². The van der Waals surface area contributed by atoms with Crippen LogP contribution in [-0.2, 0) is 6.42 Å². The average Bonchev–Trinajstić information content (AvgIpc) is 2.48. The van der Waals surface area contributed by atoms with Gasteiger partial charge >= 0.3 is 0 Å². The summed E-state index contributed by atoms with van der Waals surface area (Å²) in [5.41, 5.74) is 9.91. The Hall–Kier alpha value is -1.87. The van der Waals surface area contributed by atoms with Crippen molar-refractivity contribution in [3.05, 3.63) is 65.0 Å². The van der Waals surface area contributed by atoms with Crippen molar-refractivity contribution >= 4 is 5.69 Å². The molecule has 0 spiro atoms. The fourth-order valence-electron chi connectivity index (χ4n) is 2.58. The lowest BCUT2D eigenvalue weighted by Gasteiger charge is -2.28. The van der Waals surface area contributed by atoms with E-state index in [0.29, 0.717) is 12.1 Å². The molecule has 0 heterocycles. The summed E-state index contributed by atoms with van der Waals surface area (Å²) in [5, 5.41) is 0. The zero-order chi connectivity index (χ0) is 15.4. The summed E-state index contributed by atoms with van der Waals surface area (Å²) in [4.78, 5) is 2.09. The summed E-state index contributed by atoms with van der Waals surface area (Å²) in [7, 11) is 1.99. The first-order chi connectivity index (χ1) is 10.0. The highest BCUT2D eigenvalue weighted by molar-refractivity contribution is 5.52. The molecule has 0 aliphatic heterocycles. The minimum absolute atomic E-state index is 0.0223. The fraction of sp³-hybridized carbons (Fsp3) is 0.333. The van der Waals surface area contributed by atoms with Crippen molar-refractivity contribution in [1.82, 2.24) is 0 Å². The van der Waals surface area contributed by atoms with Crippen molar-refractivity contribution in [3.8, 4) is 0 Å². The van der Waals surface area contributed by atoms with Gasteiger partial charge in [0.15, 0.2) is 0 Å². The number of nitrogens with zero attached hydrogens (tertiary/aromatic N) is 1. The Kier molecular flexibility index (Phi) is 4.97. The van der Waals surface area contributed by atoms with Crippen LogP contribution in [-0.4, -0.2) is 13.6 Å². The molecular weight excluding hydrogens is 263 g/mol. The minimum Gasteiger partial charge on any atom is -0.368 e. The third kappa shape index (κ3) is 3.42. The van der Waals surface area contributed by atoms with Gasteiger partial charge in [-0.15, -0.1) is 0 Å². The predicted octanol–water partition coefficient (Wildman–Crippen LogP) is 3.83. The zero-order valence-corrected chi connectivity index (χ0v) is 12.9. The average molecular weight is 286 g/mol. The molecule has 112 valence electrons. The molecule has 0 amide bonds. The molecule has 1 unspecified atom stereocenters. The normalized spacial score (nSPS) is 12.2.